The summed E-state index contributed by atoms with van der Waals surface area (Å²) in [6.45, 7) is 4.12. The van der Waals surface area contributed by atoms with Crippen molar-refractivity contribution in [2.75, 3.05) is 26.2 Å². The van der Waals surface area contributed by atoms with Gasteiger partial charge >= 0.3 is 0 Å². The second-order valence-electron chi connectivity index (χ2n) is 2.64. The van der Waals surface area contributed by atoms with Gasteiger partial charge in [0, 0.05) is 25.3 Å². The zero-order chi connectivity index (χ0) is 6.81. The van der Waals surface area contributed by atoms with Crippen LogP contribution in [0.2, 0.25) is 0 Å². The molecule has 0 bridgehead atoms. The van der Waals surface area contributed by atoms with Crippen molar-refractivity contribution in [3.8, 4) is 0 Å². The minimum atomic E-state index is 0.921. The van der Waals surface area contributed by atoms with Crippen LogP contribution in [0, 0.1) is 0 Å². The summed E-state index contributed by atoms with van der Waals surface area (Å²) in [7, 11) is 0. The van der Waals surface area contributed by atoms with Gasteiger partial charge in [-0.1, -0.05) is 12.2 Å². The third kappa shape index (κ3) is 0.948. The first-order valence-electron chi connectivity index (χ1n) is 3.71. The van der Waals surface area contributed by atoms with Gasteiger partial charge in [0.1, 0.15) is 0 Å². The fraction of sp³-hybridized carbons (Fsp3) is 0.500. The SMILES string of the molecule is C1=CCN2CC[N]CC2=C1. The van der Waals surface area contributed by atoms with Crippen molar-refractivity contribution in [1.29, 1.82) is 0 Å². The van der Waals surface area contributed by atoms with E-state index in [0.717, 1.165) is 26.2 Å². The van der Waals surface area contributed by atoms with Crippen molar-refractivity contribution >= 4 is 0 Å². The summed E-state index contributed by atoms with van der Waals surface area (Å²) in [6.07, 6.45) is 6.47. The molecule has 0 saturated carbocycles. The highest BCUT2D eigenvalue weighted by molar-refractivity contribution is 5.19. The van der Waals surface area contributed by atoms with Gasteiger partial charge in [-0.15, -0.1) is 0 Å². The first kappa shape index (κ1) is 5.98. The van der Waals surface area contributed by atoms with E-state index in [2.05, 4.69) is 28.4 Å². The third-order valence-electron chi connectivity index (χ3n) is 1.96. The third-order valence-corrected chi connectivity index (χ3v) is 1.96. The number of hydrogen-bond donors (Lipinski definition) is 0. The first-order chi connectivity index (χ1) is 4.97. The molecule has 2 nitrogen and oxygen atoms in total. The molecule has 10 heavy (non-hydrogen) atoms. The van der Waals surface area contributed by atoms with E-state index in [9.17, 15) is 0 Å². The average molecular weight is 135 g/mol. The van der Waals surface area contributed by atoms with Gasteiger partial charge in [-0.05, 0) is 6.08 Å². The van der Waals surface area contributed by atoms with Crippen molar-refractivity contribution in [3.05, 3.63) is 23.9 Å². The molecule has 2 heterocycles. The Morgan fingerprint density at radius 2 is 2.50 bits per heavy atom. The van der Waals surface area contributed by atoms with Gasteiger partial charge in [-0.2, -0.15) is 0 Å². The fourth-order valence-electron chi connectivity index (χ4n) is 1.36. The minimum Gasteiger partial charge on any atom is -0.369 e. The molecular weight excluding hydrogens is 124 g/mol. The summed E-state index contributed by atoms with van der Waals surface area (Å²) >= 11 is 0. The first-order valence-corrected chi connectivity index (χ1v) is 3.71. The second kappa shape index (κ2) is 2.46. The molecule has 0 aromatic heterocycles. The van der Waals surface area contributed by atoms with Gasteiger partial charge in [0.2, 0.25) is 0 Å². The van der Waals surface area contributed by atoms with Gasteiger partial charge in [0.15, 0.2) is 0 Å². The van der Waals surface area contributed by atoms with Crippen molar-refractivity contribution in [2.45, 2.75) is 0 Å². The van der Waals surface area contributed by atoms with Crippen molar-refractivity contribution < 1.29 is 0 Å². The topological polar surface area (TPSA) is 17.3 Å². The number of rotatable bonds is 0. The van der Waals surface area contributed by atoms with E-state index in [0.29, 0.717) is 0 Å². The summed E-state index contributed by atoms with van der Waals surface area (Å²) in [4.78, 5) is 2.38. The molecular formula is C8H11N2. The molecule has 0 aliphatic carbocycles. The molecule has 0 aromatic rings. The van der Waals surface area contributed by atoms with E-state index in [1.807, 2.05) is 0 Å². The van der Waals surface area contributed by atoms with Crippen LogP contribution < -0.4 is 5.32 Å². The molecule has 0 amide bonds. The Morgan fingerprint density at radius 3 is 3.40 bits per heavy atom. The Kier molecular flexibility index (Phi) is 1.47. The quantitative estimate of drug-likeness (QED) is 0.469. The van der Waals surface area contributed by atoms with Crippen molar-refractivity contribution in [1.82, 2.24) is 10.2 Å². The molecule has 0 unspecified atom stereocenters. The summed E-state index contributed by atoms with van der Waals surface area (Å²) in [5.74, 6) is 0. The number of fused-ring (bicyclic) bond motifs is 1. The summed E-state index contributed by atoms with van der Waals surface area (Å²) in [5.41, 5.74) is 1.38. The zero-order valence-corrected chi connectivity index (χ0v) is 5.95. The Morgan fingerprint density at radius 1 is 1.50 bits per heavy atom. The van der Waals surface area contributed by atoms with Crippen LogP contribution in [0.4, 0.5) is 0 Å². The number of hydrogen-bond acceptors (Lipinski definition) is 1. The van der Waals surface area contributed by atoms with Crippen LogP contribution in [-0.2, 0) is 0 Å². The molecule has 0 spiro atoms. The van der Waals surface area contributed by atoms with E-state index in [1.165, 1.54) is 5.70 Å². The van der Waals surface area contributed by atoms with E-state index in [1.54, 1.807) is 0 Å². The maximum atomic E-state index is 4.32. The highest BCUT2D eigenvalue weighted by Gasteiger charge is 2.14. The van der Waals surface area contributed by atoms with Crippen LogP contribution in [-0.4, -0.2) is 31.1 Å². The lowest BCUT2D eigenvalue weighted by Gasteiger charge is -2.31. The Balaban J connectivity index is 2.14. The standard InChI is InChI=1S/C8H11N2/c1-2-5-10-6-4-9-7-8(10)3-1/h1-3H,4-7H2. The largest absolute Gasteiger partial charge is 0.369 e. The fourth-order valence-corrected chi connectivity index (χ4v) is 1.36. The monoisotopic (exact) mass is 135 g/mol. The minimum absolute atomic E-state index is 0.921. The maximum Gasteiger partial charge on any atom is 0.0534 e. The van der Waals surface area contributed by atoms with Gasteiger partial charge < -0.3 is 4.90 Å². The summed E-state index contributed by atoms with van der Waals surface area (Å²) in [5, 5.41) is 4.32. The molecule has 1 fully saturated rings. The van der Waals surface area contributed by atoms with Crippen molar-refractivity contribution in [3.63, 3.8) is 0 Å². The number of nitrogens with zero attached hydrogens (tertiary/aromatic N) is 2. The maximum absolute atomic E-state index is 4.32. The highest BCUT2D eigenvalue weighted by atomic mass is 15.2. The molecule has 2 heteroatoms. The molecule has 2 aliphatic heterocycles. The van der Waals surface area contributed by atoms with Crippen LogP contribution in [0.1, 0.15) is 0 Å². The van der Waals surface area contributed by atoms with E-state index in [-0.39, 0.29) is 0 Å². The van der Waals surface area contributed by atoms with Crippen molar-refractivity contribution in [2.24, 2.45) is 0 Å². The molecule has 2 aliphatic rings. The van der Waals surface area contributed by atoms with Crippen LogP contribution in [0.15, 0.2) is 23.9 Å². The molecule has 53 valence electrons. The lowest BCUT2D eigenvalue weighted by molar-refractivity contribution is 0.322. The number of piperazine rings is 1. The Labute approximate surface area is 61.2 Å². The summed E-state index contributed by atoms with van der Waals surface area (Å²) in [6, 6.07) is 0. The lowest BCUT2D eigenvalue weighted by atomic mass is 10.2. The molecule has 0 atom stereocenters. The van der Waals surface area contributed by atoms with Crippen LogP contribution in [0.25, 0.3) is 0 Å². The lowest BCUT2D eigenvalue weighted by Crippen LogP contribution is -2.39. The predicted molar refractivity (Wildman–Crippen MR) is 40.7 cm³/mol. The number of allylic oxidation sites excluding steroid dienone is 2. The molecule has 2 rings (SSSR count). The van der Waals surface area contributed by atoms with Crippen LogP contribution in [0.3, 0.4) is 0 Å². The Bertz CT molecular complexity index is 182. The van der Waals surface area contributed by atoms with Gasteiger partial charge in [0.05, 0.1) is 6.54 Å². The second-order valence-corrected chi connectivity index (χ2v) is 2.64. The Hall–Kier alpha value is -0.760. The average Bonchev–Trinajstić information content (AvgIpc) is 2.05. The van der Waals surface area contributed by atoms with Gasteiger partial charge in [-0.25, -0.2) is 5.32 Å². The predicted octanol–water partition coefficient (Wildman–Crippen LogP) is 0.360. The molecule has 0 N–H and O–H groups in total. The van der Waals surface area contributed by atoms with Gasteiger partial charge in [0.25, 0.3) is 0 Å². The van der Waals surface area contributed by atoms with E-state index < -0.39 is 0 Å². The highest BCUT2D eigenvalue weighted by Crippen LogP contribution is 2.11. The molecule has 0 aromatic carbocycles. The smallest absolute Gasteiger partial charge is 0.0534 e. The van der Waals surface area contributed by atoms with E-state index in [4.69, 9.17) is 0 Å². The molecule has 1 saturated heterocycles. The summed E-state index contributed by atoms with van der Waals surface area (Å²) < 4.78 is 0. The van der Waals surface area contributed by atoms with Crippen LogP contribution >= 0.6 is 0 Å². The van der Waals surface area contributed by atoms with Gasteiger partial charge in [-0.3, -0.25) is 0 Å². The van der Waals surface area contributed by atoms with E-state index >= 15 is 0 Å². The zero-order valence-electron chi connectivity index (χ0n) is 5.95. The van der Waals surface area contributed by atoms with Crippen LogP contribution in [0.5, 0.6) is 0 Å². The normalized spacial score (nSPS) is 24.0. The molecule has 1 radical (unpaired) electrons.